The van der Waals surface area contributed by atoms with E-state index in [1.165, 1.54) is 23.9 Å². The maximum absolute atomic E-state index is 13.6. The maximum atomic E-state index is 13.6. The Morgan fingerprint density at radius 1 is 1.17 bits per heavy atom. The molecule has 7 nitrogen and oxygen atoms in total. The van der Waals surface area contributed by atoms with Crippen molar-refractivity contribution in [3.8, 4) is 11.5 Å². The second-order valence-electron chi connectivity index (χ2n) is 9.52. The molecule has 0 unspecified atom stereocenters. The van der Waals surface area contributed by atoms with Crippen molar-refractivity contribution in [1.29, 1.82) is 0 Å². The van der Waals surface area contributed by atoms with E-state index in [4.69, 9.17) is 19.6 Å². The Morgan fingerprint density at radius 3 is 2.71 bits per heavy atom. The molecule has 0 amide bonds. The van der Waals surface area contributed by atoms with Gasteiger partial charge in [0, 0.05) is 29.0 Å². The summed E-state index contributed by atoms with van der Waals surface area (Å²) in [6, 6.07) is 11.6. The number of benzene rings is 2. The SMILES string of the molecule is COc1cccc([C@@H]2C3=C(CC(C)(C)CC3=O)Nc3nc(SCc4cccc(F)c4)nn32)c1OC. The highest BCUT2D eigenvalue weighted by Crippen LogP contribution is 2.48. The maximum Gasteiger partial charge on any atom is 0.227 e. The predicted octanol–water partition coefficient (Wildman–Crippen LogP) is 5.38. The van der Waals surface area contributed by atoms with Crippen LogP contribution in [-0.2, 0) is 10.5 Å². The van der Waals surface area contributed by atoms with Crippen molar-refractivity contribution in [2.45, 2.75) is 43.6 Å². The third kappa shape index (κ3) is 4.40. The van der Waals surface area contributed by atoms with E-state index < -0.39 is 6.04 Å². The Morgan fingerprint density at radius 2 is 1.97 bits per heavy atom. The van der Waals surface area contributed by atoms with Gasteiger partial charge in [-0.3, -0.25) is 4.79 Å². The van der Waals surface area contributed by atoms with Gasteiger partial charge in [-0.05, 0) is 35.6 Å². The molecule has 0 saturated carbocycles. The Kier molecular flexibility index (Phi) is 6.04. The van der Waals surface area contributed by atoms with Gasteiger partial charge in [0.1, 0.15) is 11.9 Å². The minimum Gasteiger partial charge on any atom is -0.493 e. The number of para-hydroxylation sites is 1. The summed E-state index contributed by atoms with van der Waals surface area (Å²) in [5, 5.41) is 8.69. The van der Waals surface area contributed by atoms with Gasteiger partial charge in [-0.25, -0.2) is 9.07 Å². The highest BCUT2D eigenvalue weighted by molar-refractivity contribution is 7.98. The second kappa shape index (κ2) is 9.03. The molecule has 0 bridgehead atoms. The zero-order valence-corrected chi connectivity index (χ0v) is 20.9. The van der Waals surface area contributed by atoms with Crippen molar-refractivity contribution in [3.63, 3.8) is 0 Å². The predicted molar refractivity (Wildman–Crippen MR) is 132 cm³/mol. The number of rotatable bonds is 6. The van der Waals surface area contributed by atoms with E-state index in [1.54, 1.807) is 25.0 Å². The van der Waals surface area contributed by atoms with Gasteiger partial charge in [0.05, 0.1) is 14.2 Å². The molecule has 2 heterocycles. The molecule has 1 atom stereocenters. The number of anilines is 1. The number of nitrogens with zero attached hydrogens (tertiary/aromatic N) is 3. The van der Waals surface area contributed by atoms with Crippen LogP contribution in [0.3, 0.4) is 0 Å². The first kappa shape index (κ1) is 23.4. The average Bonchev–Trinajstić information content (AvgIpc) is 3.22. The van der Waals surface area contributed by atoms with Gasteiger partial charge < -0.3 is 14.8 Å². The van der Waals surface area contributed by atoms with Crippen molar-refractivity contribution in [2.24, 2.45) is 5.41 Å². The molecule has 9 heteroatoms. The largest absolute Gasteiger partial charge is 0.493 e. The van der Waals surface area contributed by atoms with Crippen LogP contribution in [-0.4, -0.2) is 34.8 Å². The zero-order valence-electron chi connectivity index (χ0n) is 20.1. The summed E-state index contributed by atoms with van der Waals surface area (Å²) in [6.07, 6.45) is 1.16. The van der Waals surface area contributed by atoms with Gasteiger partial charge in [-0.2, -0.15) is 4.98 Å². The summed E-state index contributed by atoms with van der Waals surface area (Å²) >= 11 is 1.42. The third-order valence-corrected chi connectivity index (χ3v) is 7.21. The summed E-state index contributed by atoms with van der Waals surface area (Å²) in [4.78, 5) is 18.2. The molecule has 0 saturated heterocycles. The lowest BCUT2D eigenvalue weighted by Gasteiger charge is -2.38. The van der Waals surface area contributed by atoms with E-state index in [2.05, 4.69) is 19.2 Å². The third-order valence-electron chi connectivity index (χ3n) is 6.30. The molecule has 1 aliphatic carbocycles. The Hall–Kier alpha value is -3.33. The molecule has 0 radical (unpaired) electrons. The van der Waals surface area contributed by atoms with Crippen LogP contribution >= 0.6 is 11.8 Å². The molecule has 182 valence electrons. The van der Waals surface area contributed by atoms with Crippen molar-refractivity contribution in [3.05, 3.63) is 70.7 Å². The number of aromatic nitrogens is 3. The molecule has 35 heavy (non-hydrogen) atoms. The van der Waals surface area contributed by atoms with Crippen LogP contribution < -0.4 is 14.8 Å². The van der Waals surface area contributed by atoms with Gasteiger partial charge in [-0.15, -0.1) is 5.10 Å². The number of thioether (sulfide) groups is 1. The Bertz CT molecular complexity index is 1330. The van der Waals surface area contributed by atoms with Crippen LogP contribution in [0.25, 0.3) is 0 Å². The number of halogens is 1. The molecular weight excluding hydrogens is 467 g/mol. The number of hydrogen-bond acceptors (Lipinski definition) is 7. The number of ether oxygens (including phenoxy) is 2. The highest BCUT2D eigenvalue weighted by atomic mass is 32.2. The Labute approximate surface area is 207 Å². The standard InChI is InChI=1S/C26H27FN4O3S/c1-26(2)12-18-21(19(32)13-26)22(17-9-6-10-20(33-3)23(17)34-4)31-24(28-18)29-25(30-31)35-14-15-7-5-8-16(27)11-15/h5-11,22H,12-14H2,1-4H3,(H,28,29,30)/t22-/m1/s1. The van der Waals surface area contributed by atoms with Crippen LogP contribution in [0.5, 0.6) is 11.5 Å². The van der Waals surface area contributed by atoms with E-state index in [1.807, 2.05) is 24.3 Å². The number of allylic oxidation sites excluding steroid dienone is 2. The van der Waals surface area contributed by atoms with Crippen molar-refractivity contribution < 1.29 is 18.7 Å². The van der Waals surface area contributed by atoms with E-state index in [9.17, 15) is 9.18 Å². The molecule has 1 N–H and O–H groups in total. The number of carbonyl (C=O) groups excluding carboxylic acids is 1. The number of Topliss-reactive ketones (excluding diaryl/α,β-unsaturated/α-hetero) is 1. The van der Waals surface area contributed by atoms with Crippen molar-refractivity contribution in [1.82, 2.24) is 14.8 Å². The molecule has 1 aromatic heterocycles. The molecule has 0 spiro atoms. The topological polar surface area (TPSA) is 78.3 Å². The molecule has 2 aromatic carbocycles. The molecule has 5 rings (SSSR count). The minimum atomic E-state index is -0.508. The van der Waals surface area contributed by atoms with Gasteiger partial charge in [-0.1, -0.05) is 49.9 Å². The van der Waals surface area contributed by atoms with Crippen molar-refractivity contribution >= 4 is 23.5 Å². The first-order chi connectivity index (χ1) is 16.8. The first-order valence-electron chi connectivity index (χ1n) is 11.4. The smallest absolute Gasteiger partial charge is 0.227 e. The monoisotopic (exact) mass is 494 g/mol. The minimum absolute atomic E-state index is 0.0775. The molecule has 2 aliphatic rings. The number of nitrogens with one attached hydrogen (secondary N) is 1. The lowest BCUT2D eigenvalue weighted by Crippen LogP contribution is -2.36. The summed E-state index contributed by atoms with van der Waals surface area (Å²) in [5.41, 5.74) is 3.00. The lowest BCUT2D eigenvalue weighted by molar-refractivity contribution is -0.118. The second-order valence-corrected chi connectivity index (χ2v) is 10.5. The number of carbonyl (C=O) groups is 1. The van der Waals surface area contributed by atoms with Crippen LogP contribution in [0, 0.1) is 11.2 Å². The van der Waals surface area contributed by atoms with Gasteiger partial charge in [0.15, 0.2) is 17.3 Å². The van der Waals surface area contributed by atoms with Gasteiger partial charge in [0.25, 0.3) is 0 Å². The molecule has 0 fully saturated rings. The normalized spacial score (nSPS) is 18.5. The van der Waals surface area contributed by atoms with E-state index in [0.717, 1.165) is 23.2 Å². The van der Waals surface area contributed by atoms with Gasteiger partial charge in [0.2, 0.25) is 11.1 Å². The fraction of sp³-hybridized carbons (Fsp3) is 0.346. The first-order valence-corrected chi connectivity index (χ1v) is 12.4. The summed E-state index contributed by atoms with van der Waals surface area (Å²) in [6.45, 7) is 4.19. The summed E-state index contributed by atoms with van der Waals surface area (Å²) < 4.78 is 26.6. The average molecular weight is 495 g/mol. The Balaban J connectivity index is 1.59. The van der Waals surface area contributed by atoms with E-state index in [-0.39, 0.29) is 17.0 Å². The number of fused-ring (bicyclic) bond motifs is 1. The number of ketones is 1. The number of methoxy groups -OCH3 is 2. The summed E-state index contributed by atoms with van der Waals surface area (Å²) in [5.74, 6) is 2.02. The fourth-order valence-electron chi connectivity index (χ4n) is 4.84. The molecule has 3 aromatic rings. The van der Waals surface area contributed by atoms with Crippen LogP contribution in [0.4, 0.5) is 10.3 Å². The molecular formula is C26H27FN4O3S. The van der Waals surface area contributed by atoms with Crippen molar-refractivity contribution in [2.75, 3.05) is 19.5 Å². The van der Waals surface area contributed by atoms with Crippen LogP contribution in [0.15, 0.2) is 58.9 Å². The highest BCUT2D eigenvalue weighted by Gasteiger charge is 2.43. The lowest BCUT2D eigenvalue weighted by atomic mass is 9.73. The fourth-order valence-corrected chi connectivity index (χ4v) is 5.61. The van der Waals surface area contributed by atoms with Crippen LogP contribution in [0.1, 0.15) is 43.9 Å². The van der Waals surface area contributed by atoms with E-state index >= 15 is 0 Å². The van der Waals surface area contributed by atoms with E-state index in [0.29, 0.717) is 40.4 Å². The van der Waals surface area contributed by atoms with Crippen LogP contribution in [0.2, 0.25) is 0 Å². The summed E-state index contributed by atoms with van der Waals surface area (Å²) in [7, 11) is 3.18. The number of hydrogen-bond donors (Lipinski definition) is 1. The molecule has 1 aliphatic heterocycles. The quantitative estimate of drug-likeness (QED) is 0.461. The zero-order chi connectivity index (χ0) is 24.7. The van der Waals surface area contributed by atoms with Gasteiger partial charge >= 0.3 is 0 Å².